The number of rotatable bonds is 7. The van der Waals surface area contributed by atoms with Crippen molar-refractivity contribution in [1.82, 2.24) is 9.97 Å². The van der Waals surface area contributed by atoms with Crippen LogP contribution in [0.25, 0.3) is 11.3 Å². The van der Waals surface area contributed by atoms with Crippen LogP contribution in [0.3, 0.4) is 0 Å². The maximum absolute atomic E-state index is 13.3. The Hall–Kier alpha value is -3.70. The van der Waals surface area contributed by atoms with Crippen molar-refractivity contribution in [2.45, 2.75) is 12.3 Å². The molecule has 1 amide bonds. The third kappa shape index (κ3) is 5.43. The van der Waals surface area contributed by atoms with Crippen LogP contribution in [-0.4, -0.2) is 59.6 Å². The summed E-state index contributed by atoms with van der Waals surface area (Å²) < 4.78 is 43.6. The van der Waals surface area contributed by atoms with E-state index < -0.39 is 18.2 Å². The molecule has 1 atom stereocenters. The standard InChI is InChI=1S/C23H22F3N5O3/c24-20(25)23(26,33)21(32)28-16-3-1-15(2-4-16)19-9-10-27-22(30-19)29-17-5-7-18(8-6-17)31-11-13-34-14-12-31/h1-10,20,33H,11-14H2,(H,28,32)(H,27,29,30). The molecule has 8 nitrogen and oxygen atoms in total. The molecule has 1 aliphatic rings. The third-order valence-corrected chi connectivity index (χ3v) is 5.20. The molecule has 4 rings (SSSR count). The molecule has 0 spiro atoms. The van der Waals surface area contributed by atoms with Gasteiger partial charge < -0.3 is 25.4 Å². The number of nitrogens with one attached hydrogen (secondary N) is 2. The lowest BCUT2D eigenvalue weighted by Gasteiger charge is -2.28. The van der Waals surface area contributed by atoms with Gasteiger partial charge in [-0.25, -0.2) is 18.7 Å². The lowest BCUT2D eigenvalue weighted by molar-refractivity contribution is -0.191. The molecule has 1 unspecified atom stereocenters. The van der Waals surface area contributed by atoms with E-state index in [0.29, 0.717) is 30.4 Å². The summed E-state index contributed by atoms with van der Waals surface area (Å²) in [7, 11) is 0. The van der Waals surface area contributed by atoms with Gasteiger partial charge in [0.05, 0.1) is 18.9 Å². The van der Waals surface area contributed by atoms with E-state index in [9.17, 15) is 18.0 Å². The fourth-order valence-electron chi connectivity index (χ4n) is 3.33. The summed E-state index contributed by atoms with van der Waals surface area (Å²) in [6.45, 7) is 3.12. The van der Waals surface area contributed by atoms with Crippen LogP contribution in [0.1, 0.15) is 0 Å². The van der Waals surface area contributed by atoms with E-state index in [1.807, 2.05) is 29.6 Å². The number of hydrogen-bond acceptors (Lipinski definition) is 7. The summed E-state index contributed by atoms with van der Waals surface area (Å²) in [4.78, 5) is 22.4. The number of alkyl halides is 3. The first kappa shape index (κ1) is 23.5. The Labute approximate surface area is 193 Å². The SMILES string of the molecule is O=C(Nc1ccc(-c2ccnc(Nc3ccc(N4CCOCC4)cc3)n2)cc1)C(O)(F)C(F)F. The van der Waals surface area contributed by atoms with Crippen molar-refractivity contribution in [2.24, 2.45) is 0 Å². The molecule has 1 fully saturated rings. The van der Waals surface area contributed by atoms with Crippen molar-refractivity contribution in [1.29, 1.82) is 0 Å². The zero-order chi connectivity index (χ0) is 24.1. The van der Waals surface area contributed by atoms with Crippen LogP contribution < -0.4 is 15.5 Å². The van der Waals surface area contributed by atoms with E-state index in [0.717, 1.165) is 24.5 Å². The number of aromatic nitrogens is 2. The van der Waals surface area contributed by atoms with Crippen LogP contribution in [0.5, 0.6) is 0 Å². The largest absolute Gasteiger partial charge is 0.378 e. The second-order valence-electron chi connectivity index (χ2n) is 7.54. The number of ether oxygens (including phenoxy) is 1. The number of hydrogen-bond donors (Lipinski definition) is 3. The fourth-order valence-corrected chi connectivity index (χ4v) is 3.33. The van der Waals surface area contributed by atoms with Crippen LogP contribution in [0, 0.1) is 0 Å². The smallest absolute Gasteiger partial charge is 0.347 e. The summed E-state index contributed by atoms with van der Waals surface area (Å²) in [5.41, 5.74) is 3.17. The lowest BCUT2D eigenvalue weighted by atomic mass is 10.1. The molecule has 34 heavy (non-hydrogen) atoms. The maximum atomic E-state index is 13.3. The van der Waals surface area contributed by atoms with Crippen molar-refractivity contribution in [3.05, 3.63) is 60.8 Å². The van der Waals surface area contributed by atoms with Crippen LogP contribution in [0.2, 0.25) is 0 Å². The van der Waals surface area contributed by atoms with Gasteiger partial charge in [-0.05, 0) is 42.5 Å². The average Bonchev–Trinajstić information content (AvgIpc) is 2.85. The Balaban J connectivity index is 1.41. The van der Waals surface area contributed by atoms with E-state index in [-0.39, 0.29) is 5.69 Å². The number of anilines is 4. The molecular weight excluding hydrogens is 451 g/mol. The van der Waals surface area contributed by atoms with Crippen molar-refractivity contribution >= 4 is 28.9 Å². The van der Waals surface area contributed by atoms with Crippen LogP contribution in [0.4, 0.5) is 36.2 Å². The van der Waals surface area contributed by atoms with Crippen molar-refractivity contribution in [3.8, 4) is 11.3 Å². The van der Waals surface area contributed by atoms with Crippen LogP contribution in [0.15, 0.2) is 60.8 Å². The highest BCUT2D eigenvalue weighted by molar-refractivity contribution is 5.96. The monoisotopic (exact) mass is 473 g/mol. The third-order valence-electron chi connectivity index (χ3n) is 5.20. The normalized spacial score (nSPS) is 15.6. The number of carbonyl (C=O) groups is 1. The zero-order valence-corrected chi connectivity index (χ0v) is 17.9. The Morgan fingerprint density at radius 3 is 2.32 bits per heavy atom. The van der Waals surface area contributed by atoms with Gasteiger partial charge in [0.15, 0.2) is 0 Å². The number of morpholine rings is 1. The summed E-state index contributed by atoms with van der Waals surface area (Å²) >= 11 is 0. The second kappa shape index (κ2) is 10.1. The first-order valence-corrected chi connectivity index (χ1v) is 10.5. The molecule has 0 bridgehead atoms. The zero-order valence-electron chi connectivity index (χ0n) is 17.9. The van der Waals surface area contributed by atoms with E-state index in [1.54, 1.807) is 24.4 Å². The minimum Gasteiger partial charge on any atom is -0.378 e. The Morgan fingerprint density at radius 2 is 1.68 bits per heavy atom. The molecule has 2 aromatic carbocycles. The minimum atomic E-state index is -4.27. The van der Waals surface area contributed by atoms with Crippen molar-refractivity contribution < 1.29 is 27.8 Å². The highest BCUT2D eigenvalue weighted by Gasteiger charge is 2.46. The van der Waals surface area contributed by atoms with Gasteiger partial charge in [0.1, 0.15) is 0 Å². The van der Waals surface area contributed by atoms with E-state index >= 15 is 0 Å². The topological polar surface area (TPSA) is 99.6 Å². The van der Waals surface area contributed by atoms with Gasteiger partial charge in [0.25, 0.3) is 5.91 Å². The number of halogens is 3. The summed E-state index contributed by atoms with van der Waals surface area (Å²) in [5.74, 6) is -5.75. The van der Waals surface area contributed by atoms with Crippen LogP contribution >= 0.6 is 0 Å². The van der Waals surface area contributed by atoms with Crippen molar-refractivity contribution in [3.63, 3.8) is 0 Å². The molecule has 3 aromatic rings. The predicted molar refractivity (Wildman–Crippen MR) is 121 cm³/mol. The highest BCUT2D eigenvalue weighted by atomic mass is 19.3. The van der Waals surface area contributed by atoms with Gasteiger partial charge in [-0.3, -0.25) is 4.79 Å². The molecule has 178 valence electrons. The maximum Gasteiger partial charge on any atom is 0.347 e. The van der Waals surface area contributed by atoms with Gasteiger partial charge in [-0.15, -0.1) is 0 Å². The quantitative estimate of drug-likeness (QED) is 0.482. The average molecular weight is 473 g/mol. The molecule has 1 saturated heterocycles. The number of aliphatic hydroxyl groups is 1. The molecule has 11 heteroatoms. The Kier molecular flexibility index (Phi) is 6.94. The number of nitrogens with zero attached hydrogens (tertiary/aromatic N) is 3. The van der Waals surface area contributed by atoms with E-state index in [2.05, 4.69) is 20.2 Å². The lowest BCUT2D eigenvalue weighted by Crippen LogP contribution is -2.44. The predicted octanol–water partition coefficient (Wildman–Crippen LogP) is 3.59. The molecule has 2 heterocycles. The van der Waals surface area contributed by atoms with Gasteiger partial charge in [0, 0.05) is 41.9 Å². The second-order valence-corrected chi connectivity index (χ2v) is 7.54. The Morgan fingerprint density at radius 1 is 1.03 bits per heavy atom. The van der Waals surface area contributed by atoms with Crippen molar-refractivity contribution in [2.75, 3.05) is 41.8 Å². The number of amides is 1. The Bertz CT molecular complexity index is 1120. The van der Waals surface area contributed by atoms with Gasteiger partial charge in [-0.1, -0.05) is 12.1 Å². The molecule has 0 aliphatic carbocycles. The van der Waals surface area contributed by atoms with E-state index in [1.165, 1.54) is 12.1 Å². The summed E-state index contributed by atoms with van der Waals surface area (Å²) in [5, 5.41) is 14.0. The molecule has 0 saturated carbocycles. The molecule has 1 aliphatic heterocycles. The number of carbonyl (C=O) groups excluding carboxylic acids is 1. The highest BCUT2D eigenvalue weighted by Crippen LogP contribution is 2.25. The van der Waals surface area contributed by atoms with Gasteiger partial charge in [0.2, 0.25) is 5.95 Å². The van der Waals surface area contributed by atoms with Gasteiger partial charge in [-0.2, -0.15) is 4.39 Å². The first-order valence-electron chi connectivity index (χ1n) is 10.5. The van der Waals surface area contributed by atoms with E-state index in [4.69, 9.17) is 9.84 Å². The molecule has 1 aromatic heterocycles. The minimum absolute atomic E-state index is 0.0400. The fraction of sp³-hybridized carbons (Fsp3) is 0.261. The summed E-state index contributed by atoms with van der Waals surface area (Å²) in [6.07, 6.45) is -2.29. The first-order chi connectivity index (χ1) is 16.3. The molecule has 3 N–H and O–H groups in total. The number of benzene rings is 2. The summed E-state index contributed by atoms with van der Waals surface area (Å²) in [6, 6.07) is 15.5. The molecule has 0 radical (unpaired) electrons. The van der Waals surface area contributed by atoms with Crippen LogP contribution in [-0.2, 0) is 9.53 Å². The van der Waals surface area contributed by atoms with Gasteiger partial charge >= 0.3 is 12.3 Å². The molecular formula is C23H22F3N5O3.